The molecule has 0 saturated carbocycles. The van der Waals surface area contributed by atoms with Crippen LogP contribution in [0.4, 0.5) is 11.5 Å². The van der Waals surface area contributed by atoms with Gasteiger partial charge in [-0.2, -0.15) is 0 Å². The van der Waals surface area contributed by atoms with E-state index in [4.69, 9.17) is 10.5 Å². The first kappa shape index (κ1) is 28.1. The summed E-state index contributed by atoms with van der Waals surface area (Å²) in [6.07, 6.45) is 10.6. The number of nitrogen functional groups attached to an aromatic ring is 1. The minimum atomic E-state index is -0.206. The van der Waals surface area contributed by atoms with Gasteiger partial charge in [0.2, 0.25) is 0 Å². The molecule has 0 aliphatic rings. The Bertz CT molecular complexity index is 1940. The van der Waals surface area contributed by atoms with E-state index in [0.29, 0.717) is 22.9 Å². The van der Waals surface area contributed by atoms with E-state index in [2.05, 4.69) is 38.1 Å². The van der Waals surface area contributed by atoms with E-state index in [0.717, 1.165) is 57.2 Å². The zero-order valence-electron chi connectivity index (χ0n) is 24.0. The van der Waals surface area contributed by atoms with Crippen molar-refractivity contribution in [2.75, 3.05) is 31.2 Å². The zero-order valence-corrected chi connectivity index (χ0v) is 24.8. The van der Waals surface area contributed by atoms with Gasteiger partial charge in [-0.25, -0.2) is 4.98 Å². The van der Waals surface area contributed by atoms with Crippen LogP contribution in [0.3, 0.4) is 0 Å². The number of amides is 1. The molecule has 0 bridgehead atoms. The Balaban J connectivity index is 1.19. The number of benzene rings is 2. The number of nitrogens with two attached hydrogens (primary N) is 1. The van der Waals surface area contributed by atoms with Crippen LogP contribution in [-0.2, 0) is 13.5 Å². The van der Waals surface area contributed by atoms with E-state index in [9.17, 15) is 4.79 Å². The first-order valence-corrected chi connectivity index (χ1v) is 14.9. The molecule has 8 nitrogen and oxygen atoms in total. The van der Waals surface area contributed by atoms with Crippen molar-refractivity contribution < 1.29 is 9.53 Å². The van der Waals surface area contributed by atoms with Crippen LogP contribution >= 0.6 is 11.3 Å². The third-order valence-corrected chi connectivity index (χ3v) is 8.53. The SMILES string of the molecule is COc1cc(-c2csc3c(C=CCNCCc4ccncc4)cnc(N)c23)ccc1NC(=O)c1cc2ccccc2n1C. The number of carbonyl (C=O) groups is 1. The number of aryl methyl sites for hydroxylation is 1. The van der Waals surface area contributed by atoms with Gasteiger partial charge in [0.05, 0.1) is 12.8 Å². The minimum absolute atomic E-state index is 0.206. The molecule has 6 rings (SSSR count). The fourth-order valence-corrected chi connectivity index (χ4v) is 6.31. The lowest BCUT2D eigenvalue weighted by molar-refractivity contribution is 0.101. The van der Waals surface area contributed by atoms with Crippen molar-refractivity contribution in [1.82, 2.24) is 19.9 Å². The van der Waals surface area contributed by atoms with Crippen LogP contribution in [0, 0.1) is 0 Å². The predicted molar refractivity (Wildman–Crippen MR) is 177 cm³/mol. The summed E-state index contributed by atoms with van der Waals surface area (Å²) in [7, 11) is 3.49. The van der Waals surface area contributed by atoms with Gasteiger partial charge in [-0.15, -0.1) is 11.3 Å². The number of rotatable bonds is 10. The lowest BCUT2D eigenvalue weighted by Gasteiger charge is -2.13. The molecule has 4 heterocycles. The number of ether oxygens (including phenoxy) is 1. The van der Waals surface area contributed by atoms with E-state index < -0.39 is 0 Å². The first-order valence-electron chi connectivity index (χ1n) is 14.0. The predicted octanol–water partition coefficient (Wildman–Crippen LogP) is 6.54. The number of thiophene rings is 1. The molecule has 216 valence electrons. The highest BCUT2D eigenvalue weighted by atomic mass is 32.1. The second-order valence-electron chi connectivity index (χ2n) is 10.2. The number of anilines is 2. The highest BCUT2D eigenvalue weighted by Crippen LogP contribution is 2.41. The van der Waals surface area contributed by atoms with Crippen molar-refractivity contribution in [3.8, 4) is 16.9 Å². The van der Waals surface area contributed by atoms with Gasteiger partial charge < -0.3 is 25.7 Å². The maximum atomic E-state index is 13.2. The average Bonchev–Trinajstić information content (AvgIpc) is 3.63. The van der Waals surface area contributed by atoms with Crippen LogP contribution in [0.15, 0.2) is 90.7 Å². The summed E-state index contributed by atoms with van der Waals surface area (Å²) in [6.45, 7) is 1.63. The molecule has 1 amide bonds. The molecule has 9 heteroatoms. The van der Waals surface area contributed by atoms with Gasteiger partial charge in [0.15, 0.2) is 0 Å². The van der Waals surface area contributed by atoms with Gasteiger partial charge in [-0.3, -0.25) is 9.78 Å². The number of carbonyl (C=O) groups excluding carboxylic acids is 1. The van der Waals surface area contributed by atoms with Gasteiger partial charge >= 0.3 is 0 Å². The number of aromatic nitrogens is 3. The monoisotopic (exact) mass is 588 g/mol. The van der Waals surface area contributed by atoms with Crippen LogP contribution in [-0.4, -0.2) is 40.6 Å². The third-order valence-electron chi connectivity index (χ3n) is 7.50. The van der Waals surface area contributed by atoms with Crippen LogP contribution in [0.25, 0.3) is 38.2 Å². The van der Waals surface area contributed by atoms with E-state index in [1.165, 1.54) is 5.56 Å². The number of hydrogen-bond donors (Lipinski definition) is 3. The van der Waals surface area contributed by atoms with Crippen molar-refractivity contribution in [2.45, 2.75) is 6.42 Å². The summed E-state index contributed by atoms with van der Waals surface area (Å²) in [4.78, 5) is 21.8. The fourth-order valence-electron chi connectivity index (χ4n) is 5.23. The molecule has 4 aromatic heterocycles. The van der Waals surface area contributed by atoms with Crippen LogP contribution in [0.5, 0.6) is 5.75 Å². The molecule has 0 radical (unpaired) electrons. The molecular weight excluding hydrogens is 556 g/mol. The van der Waals surface area contributed by atoms with E-state index >= 15 is 0 Å². The van der Waals surface area contributed by atoms with E-state index in [1.54, 1.807) is 18.4 Å². The molecule has 6 aromatic rings. The van der Waals surface area contributed by atoms with Gasteiger partial charge in [0, 0.05) is 64.3 Å². The molecule has 0 atom stereocenters. The smallest absolute Gasteiger partial charge is 0.272 e. The van der Waals surface area contributed by atoms with Crippen molar-refractivity contribution in [3.63, 3.8) is 0 Å². The molecule has 0 spiro atoms. The number of hydrogen-bond acceptors (Lipinski definition) is 7. The van der Waals surface area contributed by atoms with Gasteiger partial charge in [0.25, 0.3) is 5.91 Å². The van der Waals surface area contributed by atoms with Gasteiger partial charge in [0.1, 0.15) is 17.3 Å². The molecular formula is C34H32N6O2S. The zero-order chi connectivity index (χ0) is 29.8. The van der Waals surface area contributed by atoms with E-state index in [1.807, 2.05) is 90.9 Å². The Morgan fingerprint density at radius 2 is 1.95 bits per heavy atom. The Labute approximate surface area is 253 Å². The summed E-state index contributed by atoms with van der Waals surface area (Å²) in [5.41, 5.74) is 12.7. The Morgan fingerprint density at radius 3 is 2.77 bits per heavy atom. The van der Waals surface area contributed by atoms with Gasteiger partial charge in [-0.05, 0) is 65.9 Å². The summed E-state index contributed by atoms with van der Waals surface area (Å²) in [5.74, 6) is 0.831. The average molecular weight is 589 g/mol. The minimum Gasteiger partial charge on any atom is -0.495 e. The van der Waals surface area contributed by atoms with Crippen LogP contribution in [0.2, 0.25) is 0 Å². The maximum absolute atomic E-state index is 13.2. The summed E-state index contributed by atoms with van der Waals surface area (Å²) in [5, 5.41) is 10.5. The maximum Gasteiger partial charge on any atom is 0.272 e. The third kappa shape index (κ3) is 5.86. The van der Waals surface area contributed by atoms with Crippen molar-refractivity contribution >= 4 is 55.8 Å². The lowest BCUT2D eigenvalue weighted by atomic mass is 10.0. The molecule has 0 unspecified atom stereocenters. The quantitative estimate of drug-likeness (QED) is 0.157. The largest absolute Gasteiger partial charge is 0.495 e. The Kier molecular flexibility index (Phi) is 8.17. The van der Waals surface area contributed by atoms with Crippen molar-refractivity contribution in [2.24, 2.45) is 7.05 Å². The van der Waals surface area contributed by atoms with Crippen molar-refractivity contribution in [3.05, 3.63) is 108 Å². The second-order valence-corrected chi connectivity index (χ2v) is 11.1. The first-order chi connectivity index (χ1) is 21.0. The van der Waals surface area contributed by atoms with Crippen molar-refractivity contribution in [1.29, 1.82) is 0 Å². The lowest BCUT2D eigenvalue weighted by Crippen LogP contribution is -2.16. The fraction of sp³-hybridized carbons (Fsp3) is 0.147. The number of nitrogens with one attached hydrogen (secondary N) is 2. The molecule has 43 heavy (non-hydrogen) atoms. The number of para-hydroxylation sites is 1. The van der Waals surface area contributed by atoms with Gasteiger partial charge in [-0.1, -0.05) is 36.4 Å². The van der Waals surface area contributed by atoms with Crippen LogP contribution in [0.1, 0.15) is 21.6 Å². The molecule has 0 fully saturated rings. The Morgan fingerprint density at radius 1 is 1.12 bits per heavy atom. The molecule has 0 aliphatic heterocycles. The highest BCUT2D eigenvalue weighted by Gasteiger charge is 2.18. The molecule has 4 N–H and O–H groups in total. The highest BCUT2D eigenvalue weighted by molar-refractivity contribution is 7.18. The summed E-state index contributed by atoms with van der Waals surface area (Å²) < 4.78 is 8.67. The number of methoxy groups -OCH3 is 1. The molecule has 0 aliphatic carbocycles. The summed E-state index contributed by atoms with van der Waals surface area (Å²) in [6, 6.07) is 19.6. The summed E-state index contributed by atoms with van der Waals surface area (Å²) >= 11 is 1.63. The Hall–Kier alpha value is -4.99. The topological polar surface area (TPSA) is 107 Å². The number of nitrogens with zero attached hydrogens (tertiary/aromatic N) is 3. The molecule has 2 aromatic carbocycles. The van der Waals surface area contributed by atoms with Crippen LogP contribution < -0.4 is 21.1 Å². The second kappa shape index (κ2) is 12.5. The standard InChI is InChI=1S/C34H32N6O2S/c1-40-28-8-4-3-6-24(28)18-29(40)34(41)39-27-10-9-23(19-30(27)42-2)26-21-43-32-25(20-38-33(35)31(26)32)7-5-14-36-15-11-22-12-16-37-17-13-22/h3-10,12-13,16-21,36H,11,14-15H2,1-2H3,(H2,35,38)(H,39,41). The number of fused-ring (bicyclic) bond motifs is 2. The normalized spacial score (nSPS) is 11.5. The molecule has 0 saturated heterocycles. The number of pyridine rings is 2. The van der Waals surface area contributed by atoms with E-state index in [-0.39, 0.29) is 5.91 Å².